The van der Waals surface area contributed by atoms with Crippen LogP contribution < -0.4 is 0 Å². The molecule has 0 saturated heterocycles. The van der Waals surface area contributed by atoms with E-state index in [0.29, 0.717) is 5.92 Å². The maximum atomic E-state index is 6.79. The van der Waals surface area contributed by atoms with Crippen LogP contribution in [0.1, 0.15) is 22.6 Å². The van der Waals surface area contributed by atoms with E-state index in [1.165, 1.54) is 33.0 Å². The molecule has 11 rings (SSSR count). The van der Waals surface area contributed by atoms with Crippen molar-refractivity contribution in [3.05, 3.63) is 199 Å². The van der Waals surface area contributed by atoms with Crippen LogP contribution in [0.15, 0.2) is 186 Å². The number of imidazole rings is 1. The minimum absolute atomic E-state index is 0.310. The molecule has 0 aliphatic heterocycles. The molecule has 3 heteroatoms. The van der Waals surface area contributed by atoms with Crippen molar-refractivity contribution >= 4 is 49.8 Å². The lowest BCUT2D eigenvalue weighted by Gasteiger charge is -2.19. The van der Waals surface area contributed by atoms with Crippen LogP contribution in [0.5, 0.6) is 0 Å². The molecule has 0 saturated carbocycles. The normalized spacial score (nSPS) is 14.0. The smallest absolute Gasteiger partial charge is 0.145 e. The molecule has 0 bridgehead atoms. The predicted octanol–water partition coefficient (Wildman–Crippen LogP) is 13.4. The molecule has 10 aromatic rings. The number of benzene rings is 8. The second kappa shape index (κ2) is 12.3. The molecule has 0 radical (unpaired) electrons. The summed E-state index contributed by atoms with van der Waals surface area (Å²) >= 11 is 0. The number of aromatic nitrogens is 2. The first-order chi connectivity index (χ1) is 26.7. The van der Waals surface area contributed by atoms with Crippen molar-refractivity contribution in [1.29, 1.82) is 0 Å². The van der Waals surface area contributed by atoms with Gasteiger partial charge in [0.25, 0.3) is 0 Å². The van der Waals surface area contributed by atoms with Crippen LogP contribution in [0.2, 0.25) is 0 Å². The van der Waals surface area contributed by atoms with E-state index < -0.39 is 0 Å². The van der Waals surface area contributed by atoms with Crippen molar-refractivity contribution in [1.82, 2.24) is 9.55 Å². The molecule has 1 aliphatic rings. The number of fused-ring (bicyclic) bond motifs is 6. The Hall–Kier alpha value is -6.97. The van der Waals surface area contributed by atoms with Crippen molar-refractivity contribution in [2.45, 2.75) is 12.3 Å². The van der Waals surface area contributed by atoms with Crippen molar-refractivity contribution in [3.8, 4) is 39.3 Å². The highest BCUT2D eigenvalue weighted by molar-refractivity contribution is 6.12. The zero-order chi connectivity index (χ0) is 35.6. The maximum absolute atomic E-state index is 6.79. The third-order valence-corrected chi connectivity index (χ3v) is 11.1. The monoisotopic (exact) mass is 690 g/mol. The highest BCUT2D eigenvalue weighted by Gasteiger charge is 2.20. The van der Waals surface area contributed by atoms with E-state index in [1.807, 2.05) is 6.07 Å². The summed E-state index contributed by atoms with van der Waals surface area (Å²) in [4.78, 5) is 5.12. The van der Waals surface area contributed by atoms with Gasteiger partial charge in [-0.25, -0.2) is 4.98 Å². The van der Waals surface area contributed by atoms with Crippen molar-refractivity contribution in [2.24, 2.45) is 0 Å². The van der Waals surface area contributed by atoms with Gasteiger partial charge in [-0.3, -0.25) is 4.57 Å². The van der Waals surface area contributed by atoms with Crippen LogP contribution in [0.3, 0.4) is 0 Å². The van der Waals surface area contributed by atoms with E-state index in [9.17, 15) is 0 Å². The van der Waals surface area contributed by atoms with Crippen LogP contribution in [0.4, 0.5) is 0 Å². The van der Waals surface area contributed by atoms with Gasteiger partial charge in [0.2, 0.25) is 0 Å². The Labute approximate surface area is 313 Å². The van der Waals surface area contributed by atoms with Crippen LogP contribution in [0, 0.1) is 0 Å². The van der Waals surface area contributed by atoms with Crippen LogP contribution in [0.25, 0.3) is 89.1 Å². The van der Waals surface area contributed by atoms with Gasteiger partial charge in [-0.15, -0.1) is 0 Å². The summed E-state index contributed by atoms with van der Waals surface area (Å²) in [5, 5.41) is 4.74. The Morgan fingerprint density at radius 2 is 1.31 bits per heavy atom. The van der Waals surface area contributed by atoms with Gasteiger partial charge >= 0.3 is 0 Å². The molecule has 8 aromatic carbocycles. The quantitative estimate of drug-likeness (QED) is 0.180. The summed E-state index contributed by atoms with van der Waals surface area (Å²) in [5.41, 5.74) is 14.5. The minimum Gasteiger partial charge on any atom is -0.455 e. The molecule has 54 heavy (non-hydrogen) atoms. The lowest BCUT2D eigenvalue weighted by molar-refractivity contribution is 0.669. The zero-order valence-corrected chi connectivity index (χ0v) is 29.5. The summed E-state index contributed by atoms with van der Waals surface area (Å²) in [6.45, 7) is 0. The third-order valence-electron chi connectivity index (χ3n) is 11.1. The van der Waals surface area contributed by atoms with E-state index in [0.717, 1.165) is 73.2 Å². The van der Waals surface area contributed by atoms with E-state index in [2.05, 4.69) is 187 Å². The van der Waals surface area contributed by atoms with E-state index in [-0.39, 0.29) is 0 Å². The van der Waals surface area contributed by atoms with Gasteiger partial charge in [0.05, 0.1) is 11.0 Å². The number of nitrogens with zero attached hydrogens (tertiary/aromatic N) is 2. The van der Waals surface area contributed by atoms with Crippen LogP contribution >= 0.6 is 0 Å². The van der Waals surface area contributed by atoms with Gasteiger partial charge in [0.15, 0.2) is 0 Å². The van der Waals surface area contributed by atoms with Crippen LogP contribution in [-0.2, 0) is 6.42 Å². The summed E-state index contributed by atoms with van der Waals surface area (Å²) in [6.07, 6.45) is 5.62. The number of rotatable bonds is 5. The first-order valence-electron chi connectivity index (χ1n) is 18.6. The number of hydrogen-bond acceptors (Lipinski definition) is 2. The first-order valence-corrected chi connectivity index (χ1v) is 18.6. The summed E-state index contributed by atoms with van der Waals surface area (Å²) in [7, 11) is 0. The molecule has 2 aromatic heterocycles. The van der Waals surface area contributed by atoms with Gasteiger partial charge in [0.1, 0.15) is 17.0 Å². The van der Waals surface area contributed by atoms with Gasteiger partial charge in [0, 0.05) is 33.5 Å². The number of hydrogen-bond donors (Lipinski definition) is 0. The molecule has 1 aliphatic carbocycles. The molecule has 0 N–H and O–H groups in total. The van der Waals surface area contributed by atoms with Gasteiger partial charge in [-0.05, 0) is 105 Å². The van der Waals surface area contributed by atoms with Crippen molar-refractivity contribution in [3.63, 3.8) is 0 Å². The molecule has 254 valence electrons. The molecule has 2 heterocycles. The third kappa shape index (κ3) is 5.08. The van der Waals surface area contributed by atoms with E-state index in [4.69, 9.17) is 9.40 Å². The average Bonchev–Trinajstić information content (AvgIpc) is 3.82. The number of allylic oxidation sites excluding steroid dienone is 1. The average molecular weight is 691 g/mol. The van der Waals surface area contributed by atoms with Gasteiger partial charge in [-0.1, -0.05) is 133 Å². The van der Waals surface area contributed by atoms with Crippen molar-refractivity contribution in [2.75, 3.05) is 0 Å². The largest absolute Gasteiger partial charge is 0.455 e. The fourth-order valence-electron chi connectivity index (χ4n) is 8.37. The molecule has 1 atom stereocenters. The van der Waals surface area contributed by atoms with Gasteiger partial charge < -0.3 is 4.42 Å². The molecule has 0 amide bonds. The Bertz CT molecular complexity index is 3070. The minimum atomic E-state index is 0.310. The van der Waals surface area contributed by atoms with Gasteiger partial charge in [-0.2, -0.15) is 0 Å². The highest BCUT2D eigenvalue weighted by atomic mass is 16.3. The van der Waals surface area contributed by atoms with E-state index in [1.54, 1.807) is 0 Å². The lowest BCUT2D eigenvalue weighted by atomic mass is 9.85. The predicted molar refractivity (Wildman–Crippen MR) is 224 cm³/mol. The summed E-state index contributed by atoms with van der Waals surface area (Å²) in [6, 6.07) is 63.1. The highest BCUT2D eigenvalue weighted by Crippen LogP contribution is 2.42. The molecule has 0 spiro atoms. The Morgan fingerprint density at radius 1 is 0.556 bits per heavy atom. The van der Waals surface area contributed by atoms with E-state index >= 15 is 0 Å². The van der Waals surface area contributed by atoms with Crippen molar-refractivity contribution < 1.29 is 4.42 Å². The molecule has 1 unspecified atom stereocenters. The Balaban J connectivity index is 1.07. The number of furan rings is 1. The Morgan fingerprint density at radius 3 is 2.22 bits per heavy atom. The summed E-state index contributed by atoms with van der Waals surface area (Å²) < 4.78 is 9.04. The second-order valence-corrected chi connectivity index (χ2v) is 14.4. The molecule has 0 fully saturated rings. The van der Waals surface area contributed by atoms with Crippen LogP contribution in [-0.4, -0.2) is 9.55 Å². The number of para-hydroxylation sites is 3. The lowest BCUT2D eigenvalue weighted by Crippen LogP contribution is -2.05. The molecule has 3 nitrogen and oxygen atoms in total. The SMILES string of the molecule is C1=CC(c2ccc3oc4c(-c5ccc(-c6nc7ccccc7n6-c6ccccc6)cc5)cc(-c5ccc6ccccc6c5)cc4c3c2)Cc2ccccc21. The maximum Gasteiger partial charge on any atom is 0.145 e. The molecular weight excluding hydrogens is 657 g/mol. The molecular formula is C51H34N2O. The first kappa shape index (κ1) is 30.6. The topological polar surface area (TPSA) is 31.0 Å². The second-order valence-electron chi connectivity index (χ2n) is 14.4. The Kier molecular flexibility index (Phi) is 6.99. The summed E-state index contributed by atoms with van der Waals surface area (Å²) in [5.74, 6) is 1.23. The fourth-order valence-corrected chi connectivity index (χ4v) is 8.37. The standard InChI is InChI=1S/C51H34N2O/c1-2-14-43(15-3-1)53-48-17-9-8-16-47(48)52-51(53)36-22-20-35(21-23-36)44-31-42(40-25-19-34-11-5-7-13-38(34)29-40)32-46-45-30-41(26-27-49(45)54-50(44)46)39-24-18-33-10-4-6-12-37(33)28-39/h1-27,29-32,39H,28H2. The zero-order valence-electron chi connectivity index (χ0n) is 29.5. The fraction of sp³-hybridized carbons (Fsp3) is 0.0392.